The molecule has 1 aromatic carbocycles. The topological polar surface area (TPSA) is 41.5 Å². The fraction of sp³-hybridized carbons (Fsp3) is 0.500. The second-order valence-corrected chi connectivity index (χ2v) is 4.10. The summed E-state index contributed by atoms with van der Waals surface area (Å²) >= 11 is 6.04. The lowest BCUT2D eigenvalue weighted by Crippen LogP contribution is -2.27. The molecule has 0 spiro atoms. The number of benzene rings is 1. The van der Waals surface area contributed by atoms with Crippen molar-refractivity contribution in [3.63, 3.8) is 0 Å². The monoisotopic (exact) mass is 243 g/mol. The highest BCUT2D eigenvalue weighted by molar-refractivity contribution is 6.31. The average Bonchev–Trinajstić information content (AvgIpc) is 2.29. The minimum atomic E-state index is -0.0896. The van der Waals surface area contributed by atoms with Gasteiger partial charge in [-0.15, -0.1) is 0 Å². The molecule has 3 nitrogen and oxygen atoms in total. The summed E-state index contributed by atoms with van der Waals surface area (Å²) in [5.74, 6) is 0. The molecule has 2 N–H and O–H groups in total. The van der Waals surface area contributed by atoms with E-state index in [9.17, 15) is 5.11 Å². The molecule has 1 unspecified atom stereocenters. The van der Waals surface area contributed by atoms with Crippen LogP contribution in [0.5, 0.6) is 0 Å². The van der Waals surface area contributed by atoms with Crippen molar-refractivity contribution >= 4 is 11.6 Å². The minimum absolute atomic E-state index is 0.0447. The Morgan fingerprint density at radius 1 is 1.50 bits per heavy atom. The SMILES string of the molecule is COCCNC(CO)c1ccc(C)c(Cl)c1. The number of halogens is 1. The van der Waals surface area contributed by atoms with E-state index < -0.39 is 0 Å². The summed E-state index contributed by atoms with van der Waals surface area (Å²) in [4.78, 5) is 0. The van der Waals surface area contributed by atoms with Gasteiger partial charge in [-0.05, 0) is 24.1 Å². The third-order valence-electron chi connectivity index (χ3n) is 2.48. The van der Waals surface area contributed by atoms with Gasteiger partial charge in [0.25, 0.3) is 0 Å². The number of aliphatic hydroxyl groups is 1. The van der Waals surface area contributed by atoms with Gasteiger partial charge in [0.1, 0.15) is 0 Å². The van der Waals surface area contributed by atoms with Crippen LogP contribution in [0.2, 0.25) is 5.02 Å². The fourth-order valence-electron chi connectivity index (χ4n) is 1.45. The van der Waals surface area contributed by atoms with Gasteiger partial charge in [-0.3, -0.25) is 0 Å². The zero-order chi connectivity index (χ0) is 12.0. The molecule has 0 aromatic heterocycles. The molecule has 0 aliphatic heterocycles. The van der Waals surface area contributed by atoms with Crippen LogP contribution in [0.1, 0.15) is 17.2 Å². The summed E-state index contributed by atoms with van der Waals surface area (Å²) in [6.07, 6.45) is 0. The summed E-state index contributed by atoms with van der Waals surface area (Å²) in [7, 11) is 1.65. The lowest BCUT2D eigenvalue weighted by molar-refractivity contribution is 0.184. The molecule has 1 aromatic rings. The van der Waals surface area contributed by atoms with Crippen molar-refractivity contribution in [2.45, 2.75) is 13.0 Å². The van der Waals surface area contributed by atoms with E-state index in [1.165, 1.54) is 0 Å². The zero-order valence-corrected chi connectivity index (χ0v) is 10.4. The molecule has 16 heavy (non-hydrogen) atoms. The summed E-state index contributed by atoms with van der Waals surface area (Å²) < 4.78 is 4.95. The van der Waals surface area contributed by atoms with Gasteiger partial charge in [0, 0.05) is 18.7 Å². The molecule has 0 aliphatic carbocycles. The Balaban J connectivity index is 2.67. The first-order valence-corrected chi connectivity index (χ1v) is 5.66. The summed E-state index contributed by atoms with van der Waals surface area (Å²) in [6, 6.07) is 5.73. The van der Waals surface area contributed by atoms with Crippen LogP contribution < -0.4 is 5.32 Å². The van der Waals surface area contributed by atoms with Crippen molar-refractivity contribution in [1.29, 1.82) is 0 Å². The predicted molar refractivity (Wildman–Crippen MR) is 65.9 cm³/mol. The van der Waals surface area contributed by atoms with Crippen molar-refractivity contribution in [1.82, 2.24) is 5.32 Å². The Kier molecular flexibility index (Phi) is 5.77. The molecule has 0 saturated carbocycles. The standard InChI is InChI=1S/C12H18ClNO2/c1-9-3-4-10(7-11(9)13)12(8-15)14-5-6-16-2/h3-4,7,12,14-15H,5-6,8H2,1-2H3. The first-order valence-electron chi connectivity index (χ1n) is 5.28. The van der Waals surface area contributed by atoms with Gasteiger partial charge in [-0.2, -0.15) is 0 Å². The maximum Gasteiger partial charge on any atom is 0.0626 e. The largest absolute Gasteiger partial charge is 0.394 e. The van der Waals surface area contributed by atoms with Gasteiger partial charge in [-0.25, -0.2) is 0 Å². The Hall–Kier alpha value is -0.610. The van der Waals surface area contributed by atoms with Gasteiger partial charge in [0.2, 0.25) is 0 Å². The van der Waals surface area contributed by atoms with E-state index >= 15 is 0 Å². The van der Waals surface area contributed by atoms with Crippen molar-refractivity contribution in [2.24, 2.45) is 0 Å². The minimum Gasteiger partial charge on any atom is -0.394 e. The van der Waals surface area contributed by atoms with Crippen molar-refractivity contribution in [3.05, 3.63) is 34.3 Å². The molecular weight excluding hydrogens is 226 g/mol. The van der Waals surface area contributed by atoms with Crippen LogP contribution >= 0.6 is 11.6 Å². The molecule has 90 valence electrons. The number of hydrogen-bond acceptors (Lipinski definition) is 3. The molecule has 0 aliphatic rings. The van der Waals surface area contributed by atoms with Crippen LogP contribution in [0.4, 0.5) is 0 Å². The van der Waals surface area contributed by atoms with Gasteiger partial charge in [0.05, 0.1) is 19.3 Å². The van der Waals surface area contributed by atoms with E-state index in [2.05, 4.69) is 5.32 Å². The summed E-state index contributed by atoms with van der Waals surface area (Å²) in [5, 5.41) is 13.2. The van der Waals surface area contributed by atoms with E-state index in [0.29, 0.717) is 13.2 Å². The van der Waals surface area contributed by atoms with E-state index in [4.69, 9.17) is 16.3 Å². The third-order valence-corrected chi connectivity index (χ3v) is 2.88. The Bertz CT molecular complexity index is 331. The highest BCUT2D eigenvalue weighted by Crippen LogP contribution is 2.21. The molecule has 0 heterocycles. The zero-order valence-electron chi connectivity index (χ0n) is 9.66. The lowest BCUT2D eigenvalue weighted by Gasteiger charge is -2.17. The molecule has 0 fully saturated rings. The predicted octanol–water partition coefficient (Wildman–Crippen LogP) is 1.92. The molecule has 1 atom stereocenters. The quantitative estimate of drug-likeness (QED) is 0.750. The number of aliphatic hydroxyl groups excluding tert-OH is 1. The van der Waals surface area contributed by atoms with Crippen LogP contribution in [0, 0.1) is 6.92 Å². The number of ether oxygens (including phenoxy) is 1. The molecule has 0 amide bonds. The number of hydrogen-bond donors (Lipinski definition) is 2. The first kappa shape index (κ1) is 13.5. The van der Waals surface area contributed by atoms with Crippen LogP contribution in [-0.4, -0.2) is 32.0 Å². The highest BCUT2D eigenvalue weighted by atomic mass is 35.5. The molecule has 0 saturated heterocycles. The van der Waals surface area contributed by atoms with Crippen molar-refractivity contribution in [3.8, 4) is 0 Å². The summed E-state index contributed by atoms with van der Waals surface area (Å²) in [6.45, 7) is 3.32. The average molecular weight is 244 g/mol. The Labute approximate surface area is 101 Å². The fourth-order valence-corrected chi connectivity index (χ4v) is 1.64. The van der Waals surface area contributed by atoms with Crippen LogP contribution in [0.3, 0.4) is 0 Å². The van der Waals surface area contributed by atoms with E-state index in [1.54, 1.807) is 7.11 Å². The van der Waals surface area contributed by atoms with E-state index in [-0.39, 0.29) is 12.6 Å². The maximum absolute atomic E-state index is 9.29. The number of methoxy groups -OCH3 is 1. The maximum atomic E-state index is 9.29. The van der Waals surface area contributed by atoms with Gasteiger partial charge in [-0.1, -0.05) is 23.7 Å². The smallest absolute Gasteiger partial charge is 0.0626 e. The Morgan fingerprint density at radius 2 is 2.25 bits per heavy atom. The van der Waals surface area contributed by atoms with Gasteiger partial charge >= 0.3 is 0 Å². The van der Waals surface area contributed by atoms with Crippen molar-refractivity contribution < 1.29 is 9.84 Å². The number of nitrogens with one attached hydrogen (secondary N) is 1. The second kappa shape index (κ2) is 6.86. The molecule has 1 rings (SSSR count). The van der Waals surface area contributed by atoms with Crippen molar-refractivity contribution in [2.75, 3.05) is 26.9 Å². The molecule has 0 bridgehead atoms. The molecule has 4 heteroatoms. The molecular formula is C12H18ClNO2. The van der Waals surface area contributed by atoms with E-state index in [1.807, 2.05) is 25.1 Å². The molecule has 0 radical (unpaired) electrons. The van der Waals surface area contributed by atoms with Crippen LogP contribution in [-0.2, 0) is 4.74 Å². The van der Waals surface area contributed by atoms with Gasteiger partial charge in [0.15, 0.2) is 0 Å². The lowest BCUT2D eigenvalue weighted by atomic mass is 10.1. The number of aryl methyl sites for hydroxylation is 1. The Morgan fingerprint density at radius 3 is 2.81 bits per heavy atom. The van der Waals surface area contributed by atoms with Crippen LogP contribution in [0.25, 0.3) is 0 Å². The normalized spacial score (nSPS) is 12.8. The van der Waals surface area contributed by atoms with E-state index in [0.717, 1.165) is 16.1 Å². The third kappa shape index (κ3) is 3.76. The van der Waals surface area contributed by atoms with Gasteiger partial charge < -0.3 is 15.2 Å². The highest BCUT2D eigenvalue weighted by Gasteiger charge is 2.10. The van der Waals surface area contributed by atoms with Crippen LogP contribution in [0.15, 0.2) is 18.2 Å². The second-order valence-electron chi connectivity index (χ2n) is 3.69. The summed E-state index contributed by atoms with van der Waals surface area (Å²) in [5.41, 5.74) is 2.04. The number of rotatable bonds is 6. The first-order chi connectivity index (χ1) is 7.69.